The molecular weight excluding hydrogens is 79.0 g/mol. The second kappa shape index (κ2) is 1.10. The molecule has 0 heterocycles. The summed E-state index contributed by atoms with van der Waals surface area (Å²) < 4.78 is 0. The molecule has 0 spiro atoms. The molecule has 1 saturated carbocycles. The Bertz CT molecular complexity index is 50.7. The van der Waals surface area contributed by atoms with Gasteiger partial charge in [-0.1, -0.05) is 0 Å². The first-order chi connectivity index (χ1) is 2.39. The Morgan fingerprint density at radius 1 is 1.40 bits per heavy atom. The summed E-state index contributed by atoms with van der Waals surface area (Å²) in [6.45, 7) is 0. The van der Waals surface area contributed by atoms with Crippen molar-refractivity contribution in [1.29, 1.82) is 0 Å². The Labute approximate surface area is 34.4 Å². The SMILES string of the molecule is [PH2+]=C1CCC1. The topological polar surface area (TPSA) is 0 Å². The summed E-state index contributed by atoms with van der Waals surface area (Å²) >= 11 is 0. The molecule has 1 fully saturated rings. The average Bonchev–Trinajstić information content (AvgIpc) is 1.30. The van der Waals surface area contributed by atoms with Gasteiger partial charge in [0, 0.05) is 12.8 Å². The highest BCUT2D eigenvalue weighted by molar-refractivity contribution is 7.21. The molecule has 0 aromatic rings. The zero-order chi connectivity index (χ0) is 3.70. The van der Waals surface area contributed by atoms with Gasteiger partial charge in [0.15, 0.2) is 0 Å². The predicted molar refractivity (Wildman–Crippen MR) is 28.6 cm³/mol. The quantitative estimate of drug-likeness (QED) is 0.390. The molecule has 0 amide bonds. The first-order valence-corrected chi connectivity index (χ1v) is 2.57. The molecule has 1 unspecified atom stereocenters. The van der Waals surface area contributed by atoms with Crippen molar-refractivity contribution in [3.8, 4) is 0 Å². The second-order valence-corrected chi connectivity index (χ2v) is 2.33. The molecule has 1 aliphatic rings. The van der Waals surface area contributed by atoms with E-state index in [2.05, 4.69) is 8.86 Å². The van der Waals surface area contributed by atoms with Crippen LogP contribution in [0.15, 0.2) is 0 Å². The minimum atomic E-state index is 1.37. The molecule has 5 heavy (non-hydrogen) atoms. The fraction of sp³-hybridized carbons (Fsp3) is 0.750. The molecular formula is C4H8P+. The Morgan fingerprint density at radius 2 is 1.80 bits per heavy atom. The van der Waals surface area contributed by atoms with Crippen LogP contribution in [0.4, 0.5) is 0 Å². The fourth-order valence-corrected chi connectivity index (χ4v) is 0.789. The summed E-state index contributed by atoms with van der Waals surface area (Å²) in [5.41, 5.74) is 0. The van der Waals surface area contributed by atoms with E-state index in [1.165, 1.54) is 19.3 Å². The number of hydrogen-bond donors (Lipinski definition) is 0. The van der Waals surface area contributed by atoms with E-state index in [1.54, 1.807) is 5.29 Å². The molecule has 1 rings (SSSR count). The summed E-state index contributed by atoms with van der Waals surface area (Å²) in [7, 11) is 2.74. The first kappa shape index (κ1) is 3.36. The van der Waals surface area contributed by atoms with Crippen LogP contribution in [-0.2, 0) is 0 Å². The summed E-state index contributed by atoms with van der Waals surface area (Å²) in [4.78, 5) is 0. The zero-order valence-corrected chi connectivity index (χ0v) is 4.35. The van der Waals surface area contributed by atoms with Gasteiger partial charge in [0.05, 0.1) is 14.2 Å². The van der Waals surface area contributed by atoms with Gasteiger partial charge in [-0.05, 0) is 6.42 Å². The molecule has 0 radical (unpaired) electrons. The molecule has 0 nitrogen and oxygen atoms in total. The lowest BCUT2D eigenvalue weighted by Gasteiger charge is -2.04. The summed E-state index contributed by atoms with van der Waals surface area (Å²) in [5.74, 6) is 0. The van der Waals surface area contributed by atoms with Gasteiger partial charge in [0.25, 0.3) is 0 Å². The smallest absolute Gasteiger partial charge is 0.0385 e. The van der Waals surface area contributed by atoms with Crippen LogP contribution in [0.2, 0.25) is 0 Å². The largest absolute Gasteiger partial charge is 0.0931 e. The molecule has 0 aromatic carbocycles. The van der Waals surface area contributed by atoms with Gasteiger partial charge in [0.2, 0.25) is 0 Å². The standard InChI is InChI=1S/C4H7P/c5-4-2-1-3-4/h5H,1-3H2/p+1. The lowest BCUT2D eigenvalue weighted by molar-refractivity contribution is 0.825. The van der Waals surface area contributed by atoms with E-state index in [-0.39, 0.29) is 0 Å². The van der Waals surface area contributed by atoms with Crippen LogP contribution in [0.5, 0.6) is 0 Å². The van der Waals surface area contributed by atoms with Crippen molar-refractivity contribution in [2.75, 3.05) is 0 Å². The number of rotatable bonds is 0. The third-order valence-electron chi connectivity index (χ3n) is 0.996. The van der Waals surface area contributed by atoms with Crippen molar-refractivity contribution in [3.63, 3.8) is 0 Å². The van der Waals surface area contributed by atoms with Crippen molar-refractivity contribution in [2.45, 2.75) is 19.3 Å². The van der Waals surface area contributed by atoms with E-state index >= 15 is 0 Å². The van der Waals surface area contributed by atoms with Crippen molar-refractivity contribution >= 4 is 14.2 Å². The van der Waals surface area contributed by atoms with E-state index in [0.717, 1.165) is 0 Å². The van der Waals surface area contributed by atoms with Gasteiger partial charge in [-0.25, -0.2) is 0 Å². The van der Waals surface area contributed by atoms with Crippen LogP contribution in [0.25, 0.3) is 0 Å². The Kier molecular flexibility index (Phi) is 0.740. The summed E-state index contributed by atoms with van der Waals surface area (Å²) in [6, 6.07) is 0. The Balaban J connectivity index is 2.32. The molecule has 1 aliphatic carbocycles. The third kappa shape index (κ3) is 0.516. The van der Waals surface area contributed by atoms with Crippen LogP contribution >= 0.6 is 8.86 Å². The van der Waals surface area contributed by atoms with E-state index in [9.17, 15) is 0 Å². The normalized spacial score (nSPS) is 22.0. The highest BCUT2D eigenvalue weighted by Gasteiger charge is 2.09. The summed E-state index contributed by atoms with van der Waals surface area (Å²) in [6.07, 6.45) is 4.16. The van der Waals surface area contributed by atoms with Crippen LogP contribution < -0.4 is 0 Å². The van der Waals surface area contributed by atoms with Gasteiger partial charge in [-0.3, -0.25) is 0 Å². The molecule has 1 atom stereocenters. The highest BCUT2D eigenvalue weighted by Crippen LogP contribution is 2.14. The van der Waals surface area contributed by atoms with E-state index < -0.39 is 0 Å². The van der Waals surface area contributed by atoms with Crippen LogP contribution in [0.1, 0.15) is 19.3 Å². The molecule has 1 heteroatoms. The Morgan fingerprint density at radius 3 is 1.80 bits per heavy atom. The lowest BCUT2D eigenvalue weighted by Crippen LogP contribution is -2.03. The van der Waals surface area contributed by atoms with Crippen LogP contribution in [-0.4, -0.2) is 5.29 Å². The molecule has 0 aliphatic heterocycles. The van der Waals surface area contributed by atoms with Crippen LogP contribution in [0.3, 0.4) is 0 Å². The van der Waals surface area contributed by atoms with Crippen molar-refractivity contribution in [1.82, 2.24) is 0 Å². The maximum absolute atomic E-state index is 2.74. The minimum absolute atomic E-state index is 1.37. The molecule has 0 saturated heterocycles. The predicted octanol–water partition coefficient (Wildman–Crippen LogP) is 1.22. The van der Waals surface area contributed by atoms with Gasteiger partial charge in [-0.15, -0.1) is 0 Å². The van der Waals surface area contributed by atoms with Gasteiger partial charge in [-0.2, -0.15) is 0 Å². The van der Waals surface area contributed by atoms with Crippen molar-refractivity contribution in [2.24, 2.45) is 0 Å². The van der Waals surface area contributed by atoms with Gasteiger partial charge >= 0.3 is 0 Å². The lowest BCUT2D eigenvalue weighted by atomic mass is 10.0. The van der Waals surface area contributed by atoms with Crippen LogP contribution in [0, 0.1) is 0 Å². The van der Waals surface area contributed by atoms with E-state index in [0.29, 0.717) is 0 Å². The fourth-order valence-electron chi connectivity index (χ4n) is 0.381. The molecule has 0 N–H and O–H groups in total. The first-order valence-electron chi connectivity index (χ1n) is 2.00. The Hall–Kier alpha value is 0.170. The maximum Gasteiger partial charge on any atom is 0.0931 e. The van der Waals surface area contributed by atoms with Crippen molar-refractivity contribution < 1.29 is 0 Å². The zero-order valence-electron chi connectivity index (χ0n) is 3.20. The monoisotopic (exact) mass is 87.0 g/mol. The summed E-state index contributed by atoms with van der Waals surface area (Å²) in [5, 5.41) is 1.60. The second-order valence-electron chi connectivity index (χ2n) is 1.51. The van der Waals surface area contributed by atoms with E-state index in [4.69, 9.17) is 0 Å². The highest BCUT2D eigenvalue weighted by atomic mass is 31.0. The number of hydrogen-bond acceptors (Lipinski definition) is 0. The van der Waals surface area contributed by atoms with Gasteiger partial charge in [0.1, 0.15) is 0 Å². The molecule has 0 bridgehead atoms. The minimum Gasteiger partial charge on any atom is -0.0385 e. The molecule has 28 valence electrons. The molecule has 0 aromatic heterocycles. The third-order valence-corrected chi connectivity index (χ3v) is 1.57. The van der Waals surface area contributed by atoms with E-state index in [1.807, 2.05) is 0 Å². The van der Waals surface area contributed by atoms with Crippen molar-refractivity contribution in [3.05, 3.63) is 0 Å². The average molecular weight is 87.1 g/mol. The maximum atomic E-state index is 2.74. The van der Waals surface area contributed by atoms with Gasteiger partial charge < -0.3 is 0 Å².